The van der Waals surface area contributed by atoms with Crippen molar-refractivity contribution < 1.29 is 0 Å². The van der Waals surface area contributed by atoms with Crippen molar-refractivity contribution in [2.45, 2.75) is 32.2 Å². The minimum Gasteiger partial charge on any atom is -0.311 e. The van der Waals surface area contributed by atoms with E-state index in [1.807, 2.05) is 29.1 Å². The first-order valence-corrected chi connectivity index (χ1v) is 7.22. The second-order valence-corrected chi connectivity index (χ2v) is 5.35. The van der Waals surface area contributed by atoms with Crippen LogP contribution in [0.25, 0.3) is 5.69 Å². The lowest BCUT2D eigenvalue weighted by Gasteiger charge is -2.25. The molecule has 3 nitrogen and oxygen atoms in total. The zero-order valence-electron chi connectivity index (χ0n) is 11.3. The Bertz CT molecular complexity index is 500. The second kappa shape index (κ2) is 6.02. The summed E-state index contributed by atoms with van der Waals surface area (Å²) in [6.07, 6.45) is 7.65. The van der Waals surface area contributed by atoms with Gasteiger partial charge in [0.1, 0.15) is 0 Å². The fourth-order valence-electron chi connectivity index (χ4n) is 2.48. The summed E-state index contributed by atoms with van der Waals surface area (Å²) in [6, 6.07) is 12.3. The third-order valence-electron chi connectivity index (χ3n) is 3.93. The quantitative estimate of drug-likeness (QED) is 0.804. The van der Waals surface area contributed by atoms with Crippen LogP contribution < -0.4 is 5.32 Å². The third kappa shape index (κ3) is 3.24. The Kier molecular flexibility index (Phi) is 3.94. The van der Waals surface area contributed by atoms with Crippen molar-refractivity contribution in [3.05, 3.63) is 48.3 Å². The fourth-order valence-corrected chi connectivity index (χ4v) is 2.48. The Hall–Kier alpha value is -1.61. The summed E-state index contributed by atoms with van der Waals surface area (Å²) < 4.78 is 1.93. The standard InChI is InChI=1S/C16H21N3/c1-2-7-16(8-3-1)19-12-10-15(18-19)13-17-11-9-14-5-4-6-14/h1-3,7-8,10,12,14,17H,4-6,9,11,13H2. The number of nitrogens with one attached hydrogen (secondary N) is 1. The monoisotopic (exact) mass is 255 g/mol. The van der Waals surface area contributed by atoms with Crippen LogP contribution in [-0.4, -0.2) is 16.3 Å². The summed E-state index contributed by atoms with van der Waals surface area (Å²) in [5.41, 5.74) is 2.22. The maximum Gasteiger partial charge on any atom is 0.0766 e. The molecule has 0 radical (unpaired) electrons. The summed E-state index contributed by atoms with van der Waals surface area (Å²) in [7, 11) is 0. The van der Waals surface area contributed by atoms with E-state index in [4.69, 9.17) is 0 Å². The van der Waals surface area contributed by atoms with E-state index in [-0.39, 0.29) is 0 Å². The molecule has 3 rings (SSSR count). The second-order valence-electron chi connectivity index (χ2n) is 5.35. The summed E-state index contributed by atoms with van der Waals surface area (Å²) in [4.78, 5) is 0. The zero-order chi connectivity index (χ0) is 12.9. The Morgan fingerprint density at radius 2 is 2.00 bits per heavy atom. The van der Waals surface area contributed by atoms with E-state index in [1.165, 1.54) is 25.7 Å². The molecule has 0 unspecified atom stereocenters. The summed E-state index contributed by atoms with van der Waals surface area (Å²) in [5.74, 6) is 0.981. The molecule has 1 fully saturated rings. The van der Waals surface area contributed by atoms with Crippen LogP contribution >= 0.6 is 0 Å². The van der Waals surface area contributed by atoms with Crippen LogP contribution in [0.3, 0.4) is 0 Å². The van der Waals surface area contributed by atoms with Gasteiger partial charge in [0.05, 0.1) is 11.4 Å². The highest BCUT2D eigenvalue weighted by atomic mass is 15.3. The van der Waals surface area contributed by atoms with Crippen molar-refractivity contribution in [1.29, 1.82) is 0 Å². The summed E-state index contributed by atoms with van der Waals surface area (Å²) in [5, 5.41) is 8.08. The first kappa shape index (κ1) is 12.4. The first-order valence-electron chi connectivity index (χ1n) is 7.22. The maximum atomic E-state index is 4.59. The van der Waals surface area contributed by atoms with Crippen LogP contribution in [0.15, 0.2) is 42.6 Å². The SMILES string of the molecule is c1ccc(-n2ccc(CNCCC3CCC3)n2)cc1. The van der Waals surface area contributed by atoms with Crippen LogP contribution in [0.1, 0.15) is 31.4 Å². The Balaban J connectivity index is 1.48. The van der Waals surface area contributed by atoms with Crippen molar-refractivity contribution in [3.8, 4) is 5.69 Å². The molecule has 1 N–H and O–H groups in total. The lowest BCUT2D eigenvalue weighted by molar-refractivity contribution is 0.292. The molecular weight excluding hydrogens is 234 g/mol. The zero-order valence-corrected chi connectivity index (χ0v) is 11.3. The predicted octanol–water partition coefficient (Wildman–Crippen LogP) is 3.15. The molecule has 0 amide bonds. The minimum absolute atomic E-state index is 0.868. The van der Waals surface area contributed by atoms with Gasteiger partial charge < -0.3 is 5.32 Å². The van der Waals surface area contributed by atoms with Gasteiger partial charge in [0.15, 0.2) is 0 Å². The van der Waals surface area contributed by atoms with Gasteiger partial charge in [-0.05, 0) is 37.1 Å². The van der Waals surface area contributed by atoms with E-state index in [2.05, 4.69) is 28.6 Å². The molecule has 3 heteroatoms. The van der Waals surface area contributed by atoms with Crippen molar-refractivity contribution in [2.75, 3.05) is 6.54 Å². The third-order valence-corrected chi connectivity index (χ3v) is 3.93. The maximum absolute atomic E-state index is 4.59. The average Bonchev–Trinajstić information content (AvgIpc) is 2.86. The molecule has 1 aromatic heterocycles. The van der Waals surface area contributed by atoms with E-state index < -0.39 is 0 Å². The van der Waals surface area contributed by atoms with Crippen molar-refractivity contribution in [3.63, 3.8) is 0 Å². The van der Waals surface area contributed by atoms with Gasteiger partial charge in [-0.2, -0.15) is 5.10 Å². The number of hydrogen-bond donors (Lipinski definition) is 1. The normalized spacial score (nSPS) is 15.4. The van der Waals surface area contributed by atoms with E-state index in [0.29, 0.717) is 0 Å². The van der Waals surface area contributed by atoms with E-state index >= 15 is 0 Å². The first-order chi connectivity index (χ1) is 9.42. The molecule has 0 saturated heterocycles. The summed E-state index contributed by atoms with van der Waals surface area (Å²) >= 11 is 0. The number of nitrogens with zero attached hydrogens (tertiary/aromatic N) is 2. The van der Waals surface area contributed by atoms with Gasteiger partial charge in [0.2, 0.25) is 0 Å². The fraction of sp³-hybridized carbons (Fsp3) is 0.438. The van der Waals surface area contributed by atoms with E-state index in [9.17, 15) is 0 Å². The van der Waals surface area contributed by atoms with E-state index in [0.717, 1.165) is 30.4 Å². The average molecular weight is 255 g/mol. The van der Waals surface area contributed by atoms with Gasteiger partial charge in [0.25, 0.3) is 0 Å². The number of para-hydroxylation sites is 1. The van der Waals surface area contributed by atoms with Crippen LogP contribution in [0.5, 0.6) is 0 Å². The molecule has 100 valence electrons. The Morgan fingerprint density at radius 1 is 1.16 bits per heavy atom. The molecule has 0 spiro atoms. The van der Waals surface area contributed by atoms with Gasteiger partial charge in [0, 0.05) is 12.7 Å². The molecule has 1 heterocycles. The van der Waals surface area contributed by atoms with Gasteiger partial charge >= 0.3 is 0 Å². The molecule has 1 aromatic carbocycles. The Morgan fingerprint density at radius 3 is 2.74 bits per heavy atom. The lowest BCUT2D eigenvalue weighted by Crippen LogP contribution is -2.21. The number of rotatable bonds is 6. The van der Waals surface area contributed by atoms with Gasteiger partial charge in [-0.3, -0.25) is 0 Å². The van der Waals surface area contributed by atoms with Crippen molar-refractivity contribution in [1.82, 2.24) is 15.1 Å². The van der Waals surface area contributed by atoms with Crippen LogP contribution in [0.4, 0.5) is 0 Å². The molecule has 0 bridgehead atoms. The Labute approximate surface area is 114 Å². The topological polar surface area (TPSA) is 29.9 Å². The smallest absolute Gasteiger partial charge is 0.0766 e. The molecule has 1 aliphatic rings. The number of hydrogen-bond acceptors (Lipinski definition) is 2. The van der Waals surface area contributed by atoms with Gasteiger partial charge in [-0.1, -0.05) is 37.5 Å². The largest absolute Gasteiger partial charge is 0.311 e. The van der Waals surface area contributed by atoms with Crippen LogP contribution in [-0.2, 0) is 6.54 Å². The molecule has 0 aliphatic heterocycles. The number of aromatic nitrogens is 2. The number of benzene rings is 1. The molecule has 2 aromatic rings. The minimum atomic E-state index is 0.868. The molecular formula is C16H21N3. The van der Waals surface area contributed by atoms with Crippen molar-refractivity contribution in [2.24, 2.45) is 5.92 Å². The van der Waals surface area contributed by atoms with Crippen molar-refractivity contribution >= 4 is 0 Å². The van der Waals surface area contributed by atoms with Crippen LogP contribution in [0.2, 0.25) is 0 Å². The molecule has 1 aliphatic carbocycles. The van der Waals surface area contributed by atoms with Gasteiger partial charge in [-0.15, -0.1) is 0 Å². The molecule has 19 heavy (non-hydrogen) atoms. The molecule has 0 atom stereocenters. The lowest BCUT2D eigenvalue weighted by atomic mass is 9.83. The van der Waals surface area contributed by atoms with E-state index in [1.54, 1.807) is 0 Å². The van der Waals surface area contributed by atoms with Crippen LogP contribution in [0, 0.1) is 5.92 Å². The predicted molar refractivity (Wildman–Crippen MR) is 77.2 cm³/mol. The summed E-state index contributed by atoms with van der Waals surface area (Å²) in [6.45, 7) is 1.98. The highest BCUT2D eigenvalue weighted by molar-refractivity contribution is 5.30. The highest BCUT2D eigenvalue weighted by Gasteiger charge is 2.16. The highest BCUT2D eigenvalue weighted by Crippen LogP contribution is 2.28. The molecule has 1 saturated carbocycles. The van der Waals surface area contributed by atoms with Gasteiger partial charge in [-0.25, -0.2) is 4.68 Å².